The number of hydrogen-bond acceptors (Lipinski definition) is 2. The highest BCUT2D eigenvalue weighted by Gasteiger charge is 2.32. The van der Waals surface area contributed by atoms with Gasteiger partial charge in [-0.25, -0.2) is 0 Å². The molecule has 1 aliphatic rings. The van der Waals surface area contributed by atoms with Crippen molar-refractivity contribution in [3.8, 4) is 0 Å². The molecular formula is C10H13ClN2. The molecule has 1 N–H and O–H groups in total. The lowest BCUT2D eigenvalue weighted by molar-refractivity contribution is 0.928. The second kappa shape index (κ2) is 3.18. The second-order valence-electron chi connectivity index (χ2n) is 3.72. The molecule has 0 bridgehead atoms. The van der Waals surface area contributed by atoms with E-state index in [4.69, 9.17) is 11.6 Å². The Morgan fingerprint density at radius 1 is 1.62 bits per heavy atom. The number of pyridine rings is 1. The van der Waals surface area contributed by atoms with Crippen LogP contribution in [0, 0.1) is 12.8 Å². The van der Waals surface area contributed by atoms with Crippen LogP contribution in [0.3, 0.4) is 0 Å². The number of rotatable bonds is 2. The molecule has 0 aliphatic heterocycles. The van der Waals surface area contributed by atoms with Gasteiger partial charge in [0.25, 0.3) is 0 Å². The maximum atomic E-state index is 6.09. The molecule has 2 atom stereocenters. The third-order valence-electron chi connectivity index (χ3n) is 2.51. The van der Waals surface area contributed by atoms with Crippen LogP contribution in [0.2, 0.25) is 5.02 Å². The van der Waals surface area contributed by atoms with Gasteiger partial charge >= 0.3 is 0 Å². The minimum atomic E-state index is 0.610. The van der Waals surface area contributed by atoms with Gasteiger partial charge in [0.1, 0.15) is 0 Å². The number of hydrogen-bond donors (Lipinski definition) is 1. The summed E-state index contributed by atoms with van der Waals surface area (Å²) in [5, 5.41) is 4.15. The van der Waals surface area contributed by atoms with E-state index in [1.165, 1.54) is 6.42 Å². The molecule has 0 unspecified atom stereocenters. The molecule has 1 heterocycles. The van der Waals surface area contributed by atoms with Gasteiger partial charge in [-0.1, -0.05) is 18.5 Å². The number of halogens is 1. The van der Waals surface area contributed by atoms with Crippen molar-refractivity contribution in [2.24, 2.45) is 5.92 Å². The van der Waals surface area contributed by atoms with Crippen LogP contribution in [0.4, 0.5) is 5.69 Å². The molecule has 1 fully saturated rings. The normalized spacial score (nSPS) is 25.8. The maximum Gasteiger partial charge on any atom is 0.0849 e. The average Bonchev–Trinajstić information content (AvgIpc) is 2.77. The van der Waals surface area contributed by atoms with Gasteiger partial charge in [-0.15, -0.1) is 0 Å². The van der Waals surface area contributed by atoms with Crippen LogP contribution in [0.1, 0.15) is 19.0 Å². The van der Waals surface area contributed by atoms with Crippen molar-refractivity contribution in [3.05, 3.63) is 23.0 Å². The lowest BCUT2D eigenvalue weighted by Gasteiger charge is -2.08. The topological polar surface area (TPSA) is 24.9 Å². The molecule has 1 aromatic rings. The quantitative estimate of drug-likeness (QED) is 0.787. The van der Waals surface area contributed by atoms with E-state index in [2.05, 4.69) is 17.2 Å². The molecule has 70 valence electrons. The van der Waals surface area contributed by atoms with Crippen LogP contribution in [-0.2, 0) is 0 Å². The monoisotopic (exact) mass is 196 g/mol. The first-order valence-corrected chi connectivity index (χ1v) is 4.94. The second-order valence-corrected chi connectivity index (χ2v) is 4.10. The van der Waals surface area contributed by atoms with E-state index in [0.29, 0.717) is 6.04 Å². The third kappa shape index (κ3) is 1.78. The molecule has 1 aliphatic carbocycles. The van der Waals surface area contributed by atoms with Crippen molar-refractivity contribution >= 4 is 17.3 Å². The summed E-state index contributed by atoms with van der Waals surface area (Å²) in [6.07, 6.45) is 3.04. The lowest BCUT2D eigenvalue weighted by atomic mass is 10.3. The van der Waals surface area contributed by atoms with Crippen molar-refractivity contribution in [1.29, 1.82) is 0 Å². The summed E-state index contributed by atoms with van der Waals surface area (Å²) in [5.41, 5.74) is 1.91. The van der Waals surface area contributed by atoms with Crippen LogP contribution >= 0.6 is 11.6 Å². The van der Waals surface area contributed by atoms with E-state index in [1.54, 1.807) is 6.20 Å². The highest BCUT2D eigenvalue weighted by Crippen LogP contribution is 2.35. The SMILES string of the molecule is Cc1nccc(N[C@@H]2C[C@H]2C)c1Cl. The first-order valence-electron chi connectivity index (χ1n) is 4.56. The summed E-state index contributed by atoms with van der Waals surface area (Å²) in [5.74, 6) is 0.782. The largest absolute Gasteiger partial charge is 0.381 e. The fourth-order valence-corrected chi connectivity index (χ4v) is 1.55. The van der Waals surface area contributed by atoms with Crippen molar-refractivity contribution in [3.63, 3.8) is 0 Å². The maximum absolute atomic E-state index is 6.09. The Morgan fingerprint density at radius 2 is 2.31 bits per heavy atom. The number of nitrogens with zero attached hydrogens (tertiary/aromatic N) is 1. The molecular weight excluding hydrogens is 184 g/mol. The van der Waals surface area contributed by atoms with Gasteiger partial charge in [-0.05, 0) is 25.3 Å². The first-order chi connectivity index (χ1) is 6.18. The van der Waals surface area contributed by atoms with Gasteiger partial charge in [0.15, 0.2) is 0 Å². The molecule has 0 saturated heterocycles. The zero-order valence-electron chi connectivity index (χ0n) is 7.84. The fourth-order valence-electron chi connectivity index (χ4n) is 1.38. The van der Waals surface area contributed by atoms with E-state index >= 15 is 0 Å². The summed E-state index contributed by atoms with van der Waals surface area (Å²) in [6, 6.07) is 2.54. The van der Waals surface area contributed by atoms with Gasteiger partial charge in [0.05, 0.1) is 16.4 Å². The number of aryl methyl sites for hydroxylation is 1. The van der Waals surface area contributed by atoms with E-state index < -0.39 is 0 Å². The summed E-state index contributed by atoms with van der Waals surface area (Å²) in [7, 11) is 0. The van der Waals surface area contributed by atoms with Crippen molar-refractivity contribution < 1.29 is 0 Å². The van der Waals surface area contributed by atoms with Crippen molar-refractivity contribution in [1.82, 2.24) is 4.98 Å². The molecule has 0 amide bonds. The Hall–Kier alpha value is -0.760. The third-order valence-corrected chi connectivity index (χ3v) is 2.99. The van der Waals surface area contributed by atoms with Gasteiger partial charge in [0.2, 0.25) is 0 Å². The average molecular weight is 197 g/mol. The van der Waals surface area contributed by atoms with Crippen LogP contribution in [0.15, 0.2) is 12.3 Å². The van der Waals surface area contributed by atoms with E-state index in [0.717, 1.165) is 22.3 Å². The summed E-state index contributed by atoms with van der Waals surface area (Å²) >= 11 is 6.09. The molecule has 1 saturated carbocycles. The number of aromatic nitrogens is 1. The number of anilines is 1. The van der Waals surface area contributed by atoms with Crippen LogP contribution < -0.4 is 5.32 Å². The predicted octanol–water partition coefficient (Wildman–Crippen LogP) is 2.86. The summed E-state index contributed by atoms with van der Waals surface area (Å²) in [4.78, 5) is 4.11. The molecule has 13 heavy (non-hydrogen) atoms. The van der Waals surface area contributed by atoms with E-state index in [9.17, 15) is 0 Å². The minimum absolute atomic E-state index is 0.610. The van der Waals surface area contributed by atoms with Gasteiger partial charge in [-0.2, -0.15) is 0 Å². The van der Waals surface area contributed by atoms with E-state index in [-0.39, 0.29) is 0 Å². The van der Waals surface area contributed by atoms with Crippen LogP contribution in [0.25, 0.3) is 0 Å². The van der Waals surface area contributed by atoms with Gasteiger partial charge in [0, 0.05) is 12.2 Å². The van der Waals surface area contributed by atoms with Crippen molar-refractivity contribution in [2.75, 3.05) is 5.32 Å². The lowest BCUT2D eigenvalue weighted by Crippen LogP contribution is -2.04. The van der Waals surface area contributed by atoms with Gasteiger partial charge < -0.3 is 5.32 Å². The number of nitrogens with one attached hydrogen (secondary N) is 1. The zero-order chi connectivity index (χ0) is 9.42. The first kappa shape index (κ1) is 8.82. The molecule has 2 nitrogen and oxygen atoms in total. The van der Waals surface area contributed by atoms with Gasteiger partial charge in [-0.3, -0.25) is 4.98 Å². The summed E-state index contributed by atoms with van der Waals surface area (Å²) in [6.45, 7) is 4.16. The standard InChI is InChI=1S/C10H13ClN2/c1-6-5-9(6)13-8-3-4-12-7(2)10(8)11/h3-4,6,9H,5H2,1-2H3,(H,12,13)/t6-,9-/m1/s1. The summed E-state index contributed by atoms with van der Waals surface area (Å²) < 4.78 is 0. The van der Waals surface area contributed by atoms with Crippen molar-refractivity contribution in [2.45, 2.75) is 26.3 Å². The Morgan fingerprint density at radius 3 is 2.92 bits per heavy atom. The Labute approximate surface area is 83.3 Å². The van der Waals surface area contributed by atoms with Crippen LogP contribution in [0.5, 0.6) is 0 Å². The Bertz CT molecular complexity index is 325. The molecule has 2 rings (SSSR count). The van der Waals surface area contributed by atoms with Crippen LogP contribution in [-0.4, -0.2) is 11.0 Å². The highest BCUT2D eigenvalue weighted by atomic mass is 35.5. The smallest absolute Gasteiger partial charge is 0.0849 e. The minimum Gasteiger partial charge on any atom is -0.381 e. The zero-order valence-corrected chi connectivity index (χ0v) is 8.60. The molecule has 3 heteroatoms. The predicted molar refractivity (Wildman–Crippen MR) is 55.2 cm³/mol. The molecule has 0 radical (unpaired) electrons. The molecule has 0 spiro atoms. The molecule has 1 aromatic heterocycles. The Kier molecular flexibility index (Phi) is 2.16. The fraction of sp³-hybridized carbons (Fsp3) is 0.500. The Balaban J connectivity index is 2.15. The van der Waals surface area contributed by atoms with E-state index in [1.807, 2.05) is 13.0 Å². The highest BCUT2D eigenvalue weighted by molar-refractivity contribution is 6.33. The molecule has 0 aromatic carbocycles.